The maximum Gasteiger partial charge on any atom is 0.257 e. The van der Waals surface area contributed by atoms with Gasteiger partial charge in [0.25, 0.3) is 6.43 Å². The average Bonchev–Trinajstić information content (AvgIpc) is 2.86. The molecule has 0 aliphatic heterocycles. The lowest BCUT2D eigenvalue weighted by Gasteiger charge is -2.05. The van der Waals surface area contributed by atoms with Crippen LogP contribution in [0.1, 0.15) is 11.1 Å². The Kier molecular flexibility index (Phi) is 7.11. The molecular formula is C14H18ClF2N3O. The van der Waals surface area contributed by atoms with Crippen LogP contribution in [0.4, 0.5) is 8.78 Å². The summed E-state index contributed by atoms with van der Waals surface area (Å²) in [7, 11) is 1.63. The van der Waals surface area contributed by atoms with Gasteiger partial charge in [-0.3, -0.25) is 4.68 Å². The van der Waals surface area contributed by atoms with Gasteiger partial charge in [-0.05, 0) is 17.7 Å². The third-order valence-corrected chi connectivity index (χ3v) is 2.83. The second-order valence-corrected chi connectivity index (χ2v) is 4.41. The van der Waals surface area contributed by atoms with E-state index in [1.807, 2.05) is 24.3 Å². The Hall–Kier alpha value is -1.66. The van der Waals surface area contributed by atoms with Crippen LogP contribution in [0.2, 0.25) is 0 Å². The number of hydrogen-bond acceptors (Lipinski definition) is 3. The Labute approximate surface area is 128 Å². The van der Waals surface area contributed by atoms with Crippen LogP contribution in [0.25, 0.3) is 0 Å². The van der Waals surface area contributed by atoms with Gasteiger partial charge in [-0.15, -0.1) is 12.4 Å². The van der Waals surface area contributed by atoms with E-state index >= 15 is 0 Å². The van der Waals surface area contributed by atoms with Crippen LogP contribution in [0.5, 0.6) is 5.75 Å². The number of methoxy groups -OCH3 is 1. The van der Waals surface area contributed by atoms with Crippen molar-refractivity contribution in [3.05, 3.63) is 47.8 Å². The Balaban J connectivity index is 0.00000220. The molecule has 0 saturated heterocycles. The molecule has 2 rings (SSSR count). The molecule has 4 nitrogen and oxygen atoms in total. The number of aromatic nitrogens is 2. The van der Waals surface area contributed by atoms with E-state index in [1.54, 1.807) is 19.5 Å². The first-order valence-electron chi connectivity index (χ1n) is 6.30. The summed E-state index contributed by atoms with van der Waals surface area (Å²) < 4.78 is 30.7. The fraction of sp³-hybridized carbons (Fsp3) is 0.357. The molecule has 1 N–H and O–H groups in total. The molecule has 2 aromatic rings. The lowest BCUT2D eigenvalue weighted by atomic mass is 10.2. The number of benzene rings is 1. The highest BCUT2D eigenvalue weighted by atomic mass is 35.5. The lowest BCUT2D eigenvalue weighted by molar-refractivity contribution is 0.122. The fourth-order valence-electron chi connectivity index (χ4n) is 1.83. The first-order chi connectivity index (χ1) is 9.67. The Morgan fingerprint density at radius 1 is 1.19 bits per heavy atom. The maximum atomic E-state index is 12.2. The van der Waals surface area contributed by atoms with E-state index in [-0.39, 0.29) is 19.0 Å². The molecule has 0 saturated carbocycles. The summed E-state index contributed by atoms with van der Waals surface area (Å²) in [6.45, 7) is 0.928. The number of alkyl halides is 2. The van der Waals surface area contributed by atoms with Crippen LogP contribution in [0.15, 0.2) is 36.7 Å². The minimum absolute atomic E-state index is 0. The Morgan fingerprint density at radius 3 is 2.48 bits per heavy atom. The van der Waals surface area contributed by atoms with Gasteiger partial charge in [0.15, 0.2) is 0 Å². The molecule has 0 fully saturated rings. The van der Waals surface area contributed by atoms with Gasteiger partial charge >= 0.3 is 0 Å². The molecule has 0 bridgehead atoms. The molecule has 0 aliphatic rings. The van der Waals surface area contributed by atoms with E-state index in [9.17, 15) is 8.78 Å². The van der Waals surface area contributed by atoms with E-state index in [0.717, 1.165) is 16.9 Å². The third-order valence-electron chi connectivity index (χ3n) is 2.83. The second kappa shape index (κ2) is 8.59. The minimum Gasteiger partial charge on any atom is -0.497 e. The van der Waals surface area contributed by atoms with Crippen LogP contribution in [0.3, 0.4) is 0 Å². The van der Waals surface area contributed by atoms with Crippen molar-refractivity contribution < 1.29 is 13.5 Å². The highest BCUT2D eigenvalue weighted by molar-refractivity contribution is 5.85. The van der Waals surface area contributed by atoms with Gasteiger partial charge in [0.1, 0.15) is 12.3 Å². The molecule has 0 atom stereocenters. The zero-order valence-corrected chi connectivity index (χ0v) is 12.4. The number of halogens is 3. The quantitative estimate of drug-likeness (QED) is 0.853. The number of nitrogens with zero attached hydrogens (tertiary/aromatic N) is 2. The number of ether oxygens (including phenoxy) is 1. The fourth-order valence-corrected chi connectivity index (χ4v) is 1.83. The van der Waals surface area contributed by atoms with Gasteiger partial charge in [0.05, 0.1) is 13.3 Å². The number of nitrogens with one attached hydrogen (secondary N) is 1. The van der Waals surface area contributed by atoms with Crippen LogP contribution < -0.4 is 10.1 Å². The van der Waals surface area contributed by atoms with Gasteiger partial charge in [-0.25, -0.2) is 8.78 Å². The van der Waals surface area contributed by atoms with Crippen molar-refractivity contribution in [2.75, 3.05) is 7.11 Å². The van der Waals surface area contributed by atoms with Crippen LogP contribution in [-0.2, 0) is 19.6 Å². The average molecular weight is 318 g/mol. The summed E-state index contributed by atoms with van der Waals surface area (Å²) in [6, 6.07) is 7.76. The monoisotopic (exact) mass is 317 g/mol. The van der Waals surface area contributed by atoms with E-state index in [4.69, 9.17) is 4.74 Å². The largest absolute Gasteiger partial charge is 0.497 e. The first kappa shape index (κ1) is 17.4. The standard InChI is InChI=1S/C14H17F2N3O.ClH/c1-20-13-4-2-11(3-5-13)6-17-7-12-8-18-19(9-12)10-14(15)16;/h2-5,8-9,14,17H,6-7,10H2,1H3;1H. The zero-order valence-electron chi connectivity index (χ0n) is 11.6. The molecule has 0 radical (unpaired) electrons. The molecule has 116 valence electrons. The third kappa shape index (κ3) is 5.69. The highest BCUT2D eigenvalue weighted by Gasteiger charge is 2.05. The lowest BCUT2D eigenvalue weighted by Crippen LogP contribution is -2.12. The van der Waals surface area contributed by atoms with E-state index in [0.29, 0.717) is 13.1 Å². The van der Waals surface area contributed by atoms with Crippen molar-refractivity contribution in [1.82, 2.24) is 15.1 Å². The number of hydrogen-bond donors (Lipinski definition) is 1. The predicted molar refractivity (Wildman–Crippen MR) is 79.0 cm³/mol. The van der Waals surface area contributed by atoms with Gasteiger partial charge < -0.3 is 10.1 Å². The number of rotatable bonds is 7. The van der Waals surface area contributed by atoms with E-state index < -0.39 is 6.43 Å². The molecule has 21 heavy (non-hydrogen) atoms. The Morgan fingerprint density at radius 2 is 1.86 bits per heavy atom. The van der Waals surface area contributed by atoms with E-state index in [2.05, 4.69) is 10.4 Å². The molecule has 0 aliphatic carbocycles. The van der Waals surface area contributed by atoms with Gasteiger partial charge in [-0.1, -0.05) is 12.1 Å². The van der Waals surface area contributed by atoms with Crippen molar-refractivity contribution in [2.45, 2.75) is 26.1 Å². The Bertz CT molecular complexity index is 531. The maximum absolute atomic E-state index is 12.2. The van der Waals surface area contributed by atoms with Crippen molar-refractivity contribution in [1.29, 1.82) is 0 Å². The molecule has 7 heteroatoms. The topological polar surface area (TPSA) is 39.1 Å². The van der Waals surface area contributed by atoms with Crippen LogP contribution in [0, 0.1) is 0 Å². The second-order valence-electron chi connectivity index (χ2n) is 4.41. The van der Waals surface area contributed by atoms with Gasteiger partial charge in [0, 0.05) is 24.8 Å². The van der Waals surface area contributed by atoms with Gasteiger partial charge in [-0.2, -0.15) is 5.10 Å². The zero-order chi connectivity index (χ0) is 14.4. The SMILES string of the molecule is COc1ccc(CNCc2cnn(CC(F)F)c2)cc1.Cl. The summed E-state index contributed by atoms with van der Waals surface area (Å²) in [5.41, 5.74) is 2.02. The normalized spacial score (nSPS) is 10.5. The van der Waals surface area contributed by atoms with Crippen LogP contribution in [-0.4, -0.2) is 23.3 Å². The molecule has 1 heterocycles. The van der Waals surface area contributed by atoms with Crippen molar-refractivity contribution in [3.8, 4) is 5.75 Å². The summed E-state index contributed by atoms with van der Waals surface area (Å²) in [5.74, 6) is 0.821. The van der Waals surface area contributed by atoms with Crippen LogP contribution >= 0.6 is 12.4 Å². The summed E-state index contributed by atoms with van der Waals surface area (Å²) >= 11 is 0. The van der Waals surface area contributed by atoms with Gasteiger partial charge in [0.2, 0.25) is 0 Å². The molecular weight excluding hydrogens is 300 g/mol. The molecule has 0 amide bonds. The summed E-state index contributed by atoms with van der Waals surface area (Å²) in [5, 5.41) is 7.13. The summed E-state index contributed by atoms with van der Waals surface area (Å²) in [4.78, 5) is 0. The van der Waals surface area contributed by atoms with Crippen molar-refractivity contribution in [2.24, 2.45) is 0 Å². The van der Waals surface area contributed by atoms with E-state index in [1.165, 1.54) is 4.68 Å². The summed E-state index contributed by atoms with van der Waals surface area (Å²) in [6.07, 6.45) is 0.853. The minimum atomic E-state index is -2.38. The van der Waals surface area contributed by atoms with Crippen molar-refractivity contribution in [3.63, 3.8) is 0 Å². The molecule has 0 spiro atoms. The smallest absolute Gasteiger partial charge is 0.257 e. The highest BCUT2D eigenvalue weighted by Crippen LogP contribution is 2.11. The predicted octanol–water partition coefficient (Wildman–Crippen LogP) is 2.87. The molecule has 1 aromatic heterocycles. The first-order valence-corrected chi connectivity index (χ1v) is 6.30. The molecule has 1 aromatic carbocycles. The molecule has 0 unspecified atom stereocenters. The van der Waals surface area contributed by atoms with Crippen molar-refractivity contribution >= 4 is 12.4 Å².